The van der Waals surface area contributed by atoms with Gasteiger partial charge in [0.2, 0.25) is 0 Å². The van der Waals surface area contributed by atoms with E-state index in [1.54, 1.807) is 0 Å². The molecule has 2 aliphatic carbocycles. The molecule has 2 atom stereocenters. The second kappa shape index (κ2) is 6.02. The number of hydrogen-bond acceptors (Lipinski definition) is 2. The molecule has 2 unspecified atom stereocenters. The van der Waals surface area contributed by atoms with Crippen molar-refractivity contribution in [3.05, 3.63) is 0 Å². The van der Waals surface area contributed by atoms with Crippen LogP contribution in [0, 0.1) is 5.92 Å². The smallest absolute Gasteiger partial charge is 0.0107 e. The first-order valence-corrected chi connectivity index (χ1v) is 7.25. The molecular formula is C14H28N2. The first-order valence-electron chi connectivity index (χ1n) is 7.25. The zero-order chi connectivity index (χ0) is 11.4. The van der Waals surface area contributed by atoms with Crippen LogP contribution in [0.15, 0.2) is 0 Å². The lowest BCUT2D eigenvalue weighted by Gasteiger charge is -2.40. The largest absolute Gasteiger partial charge is 0.314 e. The molecule has 0 bridgehead atoms. The molecule has 0 aromatic rings. The molecule has 2 nitrogen and oxygen atoms in total. The predicted octanol–water partition coefficient (Wildman–Crippen LogP) is 2.64. The van der Waals surface area contributed by atoms with Gasteiger partial charge in [-0.05, 0) is 45.2 Å². The van der Waals surface area contributed by atoms with Crippen LogP contribution in [-0.2, 0) is 0 Å². The monoisotopic (exact) mass is 224 g/mol. The average molecular weight is 224 g/mol. The lowest BCUT2D eigenvalue weighted by molar-refractivity contribution is 0.111. The van der Waals surface area contributed by atoms with Gasteiger partial charge < -0.3 is 10.2 Å². The van der Waals surface area contributed by atoms with Crippen molar-refractivity contribution in [2.24, 2.45) is 5.92 Å². The SMILES string of the molecule is CCNC1CCCCC1CN(C)C1CCC1. The number of nitrogens with one attached hydrogen (secondary N) is 1. The Morgan fingerprint density at radius 2 is 1.81 bits per heavy atom. The van der Waals surface area contributed by atoms with Crippen LogP contribution in [0.25, 0.3) is 0 Å². The van der Waals surface area contributed by atoms with Crippen molar-refractivity contribution < 1.29 is 0 Å². The highest BCUT2D eigenvalue weighted by molar-refractivity contribution is 4.85. The van der Waals surface area contributed by atoms with E-state index in [1.165, 1.54) is 51.5 Å². The molecule has 2 fully saturated rings. The molecule has 94 valence electrons. The molecule has 2 rings (SSSR count). The Morgan fingerprint density at radius 1 is 1.06 bits per heavy atom. The van der Waals surface area contributed by atoms with Crippen molar-refractivity contribution in [1.29, 1.82) is 0 Å². The minimum Gasteiger partial charge on any atom is -0.314 e. The highest BCUT2D eigenvalue weighted by atomic mass is 15.1. The van der Waals surface area contributed by atoms with Gasteiger partial charge in [-0.3, -0.25) is 0 Å². The predicted molar refractivity (Wildman–Crippen MR) is 69.7 cm³/mol. The molecule has 2 heteroatoms. The Labute approximate surface area is 101 Å². The van der Waals surface area contributed by atoms with Gasteiger partial charge in [0, 0.05) is 18.6 Å². The Hall–Kier alpha value is -0.0800. The van der Waals surface area contributed by atoms with E-state index in [4.69, 9.17) is 0 Å². The Bertz CT molecular complexity index is 199. The quantitative estimate of drug-likeness (QED) is 0.772. The zero-order valence-corrected chi connectivity index (χ0v) is 11.0. The third kappa shape index (κ3) is 2.98. The van der Waals surface area contributed by atoms with Crippen LogP contribution in [-0.4, -0.2) is 37.1 Å². The van der Waals surface area contributed by atoms with Gasteiger partial charge in [-0.15, -0.1) is 0 Å². The molecule has 0 amide bonds. The number of hydrogen-bond donors (Lipinski definition) is 1. The highest BCUT2D eigenvalue weighted by Crippen LogP contribution is 2.29. The van der Waals surface area contributed by atoms with E-state index < -0.39 is 0 Å². The second-order valence-corrected chi connectivity index (χ2v) is 5.73. The summed E-state index contributed by atoms with van der Waals surface area (Å²) < 4.78 is 0. The number of rotatable bonds is 5. The van der Waals surface area contributed by atoms with Crippen LogP contribution in [0.5, 0.6) is 0 Å². The summed E-state index contributed by atoms with van der Waals surface area (Å²) in [6.45, 7) is 4.69. The van der Waals surface area contributed by atoms with E-state index >= 15 is 0 Å². The van der Waals surface area contributed by atoms with E-state index in [1.807, 2.05) is 0 Å². The molecule has 0 aromatic heterocycles. The van der Waals surface area contributed by atoms with E-state index in [0.29, 0.717) is 0 Å². The fraction of sp³-hybridized carbons (Fsp3) is 1.00. The van der Waals surface area contributed by atoms with Crippen LogP contribution in [0.3, 0.4) is 0 Å². The summed E-state index contributed by atoms with van der Waals surface area (Å²) in [6.07, 6.45) is 10.1. The minimum absolute atomic E-state index is 0.793. The third-order valence-corrected chi connectivity index (χ3v) is 4.60. The van der Waals surface area contributed by atoms with Gasteiger partial charge in [0.1, 0.15) is 0 Å². The van der Waals surface area contributed by atoms with Gasteiger partial charge in [0.15, 0.2) is 0 Å². The van der Waals surface area contributed by atoms with Gasteiger partial charge in [0.25, 0.3) is 0 Å². The molecule has 0 saturated heterocycles. The summed E-state index contributed by atoms with van der Waals surface area (Å²) in [4.78, 5) is 2.63. The maximum Gasteiger partial charge on any atom is 0.0107 e. The van der Waals surface area contributed by atoms with Gasteiger partial charge in [-0.2, -0.15) is 0 Å². The van der Waals surface area contributed by atoms with Gasteiger partial charge in [-0.1, -0.05) is 26.2 Å². The van der Waals surface area contributed by atoms with Crippen LogP contribution in [0.1, 0.15) is 51.9 Å². The maximum absolute atomic E-state index is 3.69. The van der Waals surface area contributed by atoms with Crippen LogP contribution < -0.4 is 5.32 Å². The van der Waals surface area contributed by atoms with Crippen molar-refractivity contribution in [3.63, 3.8) is 0 Å². The average Bonchev–Trinajstić information content (AvgIpc) is 2.18. The fourth-order valence-electron chi connectivity index (χ4n) is 3.30. The van der Waals surface area contributed by atoms with E-state index in [0.717, 1.165) is 24.5 Å². The Kier molecular flexibility index (Phi) is 4.66. The van der Waals surface area contributed by atoms with Gasteiger partial charge in [0.05, 0.1) is 0 Å². The molecule has 0 spiro atoms. The Morgan fingerprint density at radius 3 is 2.44 bits per heavy atom. The topological polar surface area (TPSA) is 15.3 Å². The molecule has 1 N–H and O–H groups in total. The van der Waals surface area contributed by atoms with E-state index in [2.05, 4.69) is 24.2 Å². The first kappa shape index (κ1) is 12.4. The first-order chi connectivity index (χ1) is 7.81. The summed E-state index contributed by atoms with van der Waals surface area (Å²) in [5, 5.41) is 3.69. The second-order valence-electron chi connectivity index (χ2n) is 5.73. The van der Waals surface area contributed by atoms with Crippen LogP contribution in [0.2, 0.25) is 0 Å². The summed E-state index contributed by atoms with van der Waals surface area (Å²) in [7, 11) is 2.33. The summed E-state index contributed by atoms with van der Waals surface area (Å²) in [6, 6.07) is 1.70. The molecule has 16 heavy (non-hydrogen) atoms. The summed E-state index contributed by atoms with van der Waals surface area (Å²) >= 11 is 0. The van der Waals surface area contributed by atoms with Crippen molar-refractivity contribution in [2.45, 2.75) is 64.0 Å². The highest BCUT2D eigenvalue weighted by Gasteiger charge is 2.29. The molecule has 0 aliphatic heterocycles. The van der Waals surface area contributed by atoms with E-state index in [-0.39, 0.29) is 0 Å². The number of nitrogens with zero attached hydrogens (tertiary/aromatic N) is 1. The standard InChI is InChI=1S/C14H28N2/c1-3-15-14-10-5-4-7-12(14)11-16(2)13-8-6-9-13/h12-15H,3-11H2,1-2H3. The van der Waals surface area contributed by atoms with Gasteiger partial charge in [-0.25, -0.2) is 0 Å². The van der Waals surface area contributed by atoms with Crippen molar-refractivity contribution in [1.82, 2.24) is 10.2 Å². The minimum atomic E-state index is 0.793. The third-order valence-electron chi connectivity index (χ3n) is 4.60. The summed E-state index contributed by atoms with van der Waals surface area (Å²) in [5.41, 5.74) is 0. The maximum atomic E-state index is 3.69. The molecule has 0 radical (unpaired) electrons. The van der Waals surface area contributed by atoms with Crippen molar-refractivity contribution in [2.75, 3.05) is 20.1 Å². The molecule has 0 heterocycles. The van der Waals surface area contributed by atoms with Crippen molar-refractivity contribution >= 4 is 0 Å². The lowest BCUT2D eigenvalue weighted by Crippen LogP contribution is -2.47. The lowest BCUT2D eigenvalue weighted by atomic mass is 9.83. The molecular weight excluding hydrogens is 196 g/mol. The van der Waals surface area contributed by atoms with E-state index in [9.17, 15) is 0 Å². The molecule has 2 aliphatic rings. The van der Waals surface area contributed by atoms with Gasteiger partial charge >= 0.3 is 0 Å². The normalized spacial score (nSPS) is 31.7. The molecule has 0 aromatic carbocycles. The van der Waals surface area contributed by atoms with Crippen LogP contribution >= 0.6 is 0 Å². The molecule has 2 saturated carbocycles. The van der Waals surface area contributed by atoms with Crippen molar-refractivity contribution in [3.8, 4) is 0 Å². The fourth-order valence-corrected chi connectivity index (χ4v) is 3.30. The Balaban J connectivity index is 1.80. The van der Waals surface area contributed by atoms with Crippen LogP contribution in [0.4, 0.5) is 0 Å². The zero-order valence-electron chi connectivity index (χ0n) is 11.0. The summed E-state index contributed by atoms with van der Waals surface area (Å²) in [5.74, 6) is 0.902.